The van der Waals surface area contributed by atoms with Crippen molar-refractivity contribution < 1.29 is 9.53 Å². The van der Waals surface area contributed by atoms with E-state index in [0.717, 1.165) is 28.4 Å². The van der Waals surface area contributed by atoms with Gasteiger partial charge in [-0.25, -0.2) is 0 Å². The molecule has 0 aliphatic heterocycles. The molecular weight excluding hydrogens is 434 g/mol. The molecule has 0 fully saturated rings. The molecule has 0 radical (unpaired) electrons. The third-order valence-electron chi connectivity index (χ3n) is 4.71. The summed E-state index contributed by atoms with van der Waals surface area (Å²) in [6, 6.07) is 14.3. The summed E-state index contributed by atoms with van der Waals surface area (Å²) in [4.78, 5) is 9.47. The molecule has 1 heterocycles. The molecule has 0 bridgehead atoms. The maximum Gasteiger partial charge on any atom is 0.231 e. The Labute approximate surface area is 199 Å². The van der Waals surface area contributed by atoms with E-state index in [4.69, 9.17) is 10.5 Å². The highest BCUT2D eigenvalue weighted by molar-refractivity contribution is 7.17. The van der Waals surface area contributed by atoms with Crippen molar-refractivity contribution in [3.8, 4) is 33.0 Å². The van der Waals surface area contributed by atoms with Gasteiger partial charge in [-0.05, 0) is 62.4 Å². The number of carbonyl (C=O) groups excluding carboxylic acids is 1. The molecule has 0 saturated heterocycles. The Balaban J connectivity index is 0.000000489. The first-order valence-electron chi connectivity index (χ1n) is 11.1. The number of primary amides is 1. The topological polar surface area (TPSA) is 128 Å². The molecule has 33 heavy (non-hydrogen) atoms. The van der Waals surface area contributed by atoms with Crippen LogP contribution in [0.1, 0.15) is 50.8 Å². The fourth-order valence-electron chi connectivity index (χ4n) is 3.38. The third kappa shape index (κ3) is 6.85. The molecule has 0 atom stereocenters. The molecule has 4 rings (SSSR count). The van der Waals surface area contributed by atoms with Gasteiger partial charge in [0.05, 0.1) is 18.2 Å². The van der Waals surface area contributed by atoms with Gasteiger partial charge >= 0.3 is 0 Å². The number of hydrogen-bond acceptors (Lipinski definition) is 7. The highest BCUT2D eigenvalue weighted by Gasteiger charge is 2.19. The van der Waals surface area contributed by atoms with Crippen molar-refractivity contribution in [3.63, 3.8) is 0 Å². The lowest BCUT2D eigenvalue weighted by Gasteiger charge is -2.11. The van der Waals surface area contributed by atoms with Crippen molar-refractivity contribution in [2.45, 2.75) is 53.1 Å². The summed E-state index contributed by atoms with van der Waals surface area (Å²) < 4.78 is 5.70. The van der Waals surface area contributed by atoms with E-state index in [2.05, 4.69) is 40.2 Å². The van der Waals surface area contributed by atoms with Crippen molar-refractivity contribution >= 4 is 17.2 Å². The molecule has 0 saturated carbocycles. The minimum Gasteiger partial charge on any atom is -0.490 e. The number of aryl methyl sites for hydroxylation is 1. The summed E-state index contributed by atoms with van der Waals surface area (Å²) in [5, 5.41) is 20.0. The van der Waals surface area contributed by atoms with Crippen LogP contribution in [0.15, 0.2) is 36.4 Å². The van der Waals surface area contributed by atoms with E-state index in [0.29, 0.717) is 11.3 Å². The highest BCUT2D eigenvalue weighted by Crippen LogP contribution is 2.37. The molecule has 4 N–H and O–H groups in total. The van der Waals surface area contributed by atoms with Crippen LogP contribution in [0.25, 0.3) is 21.1 Å². The van der Waals surface area contributed by atoms with Crippen LogP contribution in [0, 0.1) is 11.3 Å². The fraction of sp³-hybridized carbons (Fsp3) is 0.360. The average Bonchev–Trinajstić information content (AvgIpc) is 3.50. The monoisotopic (exact) mass is 465 g/mol. The second-order valence-corrected chi connectivity index (χ2v) is 8.35. The second-order valence-electron chi connectivity index (χ2n) is 7.37. The number of carbonyl (C=O) groups is 1. The number of rotatable bonds is 5. The first-order valence-corrected chi connectivity index (χ1v) is 11.9. The number of nitriles is 1. The van der Waals surface area contributed by atoms with Gasteiger partial charge in [-0.15, -0.1) is 10.2 Å². The number of amides is 1. The molecule has 2 aromatic carbocycles. The van der Waals surface area contributed by atoms with Gasteiger partial charge in [-0.3, -0.25) is 4.79 Å². The predicted molar refractivity (Wildman–Crippen MR) is 133 cm³/mol. The molecule has 1 aromatic heterocycles. The number of benzene rings is 2. The van der Waals surface area contributed by atoms with Crippen LogP contribution < -0.4 is 16.2 Å². The molecule has 0 spiro atoms. The van der Waals surface area contributed by atoms with E-state index in [-0.39, 0.29) is 12.6 Å². The summed E-state index contributed by atoms with van der Waals surface area (Å²) in [5.41, 5.74) is 14.7. The lowest BCUT2D eigenvalue weighted by molar-refractivity contribution is -0.116. The van der Waals surface area contributed by atoms with Gasteiger partial charge < -0.3 is 16.2 Å². The maximum atomic E-state index is 9.47. The number of nitrogens with two attached hydrogens (primary N) is 2. The van der Waals surface area contributed by atoms with Crippen LogP contribution in [-0.4, -0.2) is 28.8 Å². The Bertz CT molecular complexity index is 1120. The lowest BCUT2D eigenvalue weighted by Crippen LogP contribution is -2.21. The minimum absolute atomic E-state index is 0.0289. The Morgan fingerprint density at radius 3 is 2.52 bits per heavy atom. The van der Waals surface area contributed by atoms with Crippen LogP contribution in [0.2, 0.25) is 0 Å². The third-order valence-corrected chi connectivity index (χ3v) is 5.72. The summed E-state index contributed by atoms with van der Waals surface area (Å²) in [7, 11) is 0. The summed E-state index contributed by atoms with van der Waals surface area (Å²) in [5.74, 6) is 0.141. The first kappa shape index (κ1) is 26.0. The largest absolute Gasteiger partial charge is 0.490 e. The smallest absolute Gasteiger partial charge is 0.231 e. The number of ether oxygens (including phenoxy) is 1. The molecular formula is C25H31N5O2S. The molecule has 174 valence electrons. The normalized spacial score (nSPS) is 11.4. The van der Waals surface area contributed by atoms with E-state index in [1.165, 1.54) is 23.1 Å². The van der Waals surface area contributed by atoms with Crippen LogP contribution in [0.3, 0.4) is 0 Å². The highest BCUT2D eigenvalue weighted by atomic mass is 32.1. The Kier molecular flexibility index (Phi) is 9.98. The molecule has 0 unspecified atom stereocenters. The quantitative estimate of drug-likeness (QED) is 0.572. The van der Waals surface area contributed by atoms with Gasteiger partial charge in [0.15, 0.2) is 0 Å². The number of nitrogens with zero attached hydrogens (tertiary/aromatic N) is 3. The SMILES string of the molecule is CC.CC(C)Oc1ccc(-c2nnc(-c3cccc4c3CCC4)s2)cc1C#N.NCC(N)=O. The summed E-state index contributed by atoms with van der Waals surface area (Å²) in [6.45, 7) is 7.84. The molecule has 1 aliphatic carbocycles. The van der Waals surface area contributed by atoms with Crippen molar-refractivity contribution in [3.05, 3.63) is 53.1 Å². The fourth-order valence-corrected chi connectivity index (χ4v) is 4.27. The first-order chi connectivity index (χ1) is 15.9. The Hall–Kier alpha value is -3.28. The zero-order valence-electron chi connectivity index (χ0n) is 19.6. The zero-order valence-corrected chi connectivity index (χ0v) is 20.4. The average molecular weight is 466 g/mol. The van der Waals surface area contributed by atoms with Gasteiger partial charge in [0, 0.05) is 11.1 Å². The van der Waals surface area contributed by atoms with Crippen molar-refractivity contribution in [2.75, 3.05) is 6.54 Å². The van der Waals surface area contributed by atoms with Crippen LogP contribution in [-0.2, 0) is 17.6 Å². The van der Waals surface area contributed by atoms with Gasteiger partial charge in [0.2, 0.25) is 5.91 Å². The number of hydrogen-bond donors (Lipinski definition) is 2. The zero-order chi connectivity index (χ0) is 24.4. The minimum atomic E-state index is -0.468. The van der Waals surface area contributed by atoms with Crippen molar-refractivity contribution in [1.29, 1.82) is 5.26 Å². The van der Waals surface area contributed by atoms with E-state index >= 15 is 0 Å². The van der Waals surface area contributed by atoms with E-state index in [1.54, 1.807) is 11.3 Å². The van der Waals surface area contributed by atoms with Crippen LogP contribution in [0.5, 0.6) is 5.75 Å². The van der Waals surface area contributed by atoms with Crippen molar-refractivity contribution in [1.82, 2.24) is 10.2 Å². The van der Waals surface area contributed by atoms with E-state index < -0.39 is 5.91 Å². The van der Waals surface area contributed by atoms with E-state index in [9.17, 15) is 10.1 Å². The Morgan fingerprint density at radius 1 is 1.18 bits per heavy atom. The van der Waals surface area contributed by atoms with Crippen LogP contribution in [0.4, 0.5) is 0 Å². The standard InChI is InChI=1S/C21H19N3OS.C2H6N2O.C2H6/c1-13(2)25-19-10-9-15(11-16(19)12-22)20-23-24-21(26-20)18-8-4-6-14-5-3-7-17(14)18;3-1-2(4)5;1-2/h4,6,8-11,13H,3,5,7H2,1-2H3;1,3H2,(H2,4,5);1-2H3. The number of fused-ring (bicyclic) bond motifs is 1. The van der Waals surface area contributed by atoms with E-state index in [1.807, 2.05) is 45.9 Å². The number of aromatic nitrogens is 2. The molecule has 1 amide bonds. The van der Waals surface area contributed by atoms with Crippen molar-refractivity contribution in [2.24, 2.45) is 11.5 Å². The summed E-state index contributed by atoms with van der Waals surface area (Å²) in [6.07, 6.45) is 3.50. The Morgan fingerprint density at radius 2 is 1.88 bits per heavy atom. The van der Waals surface area contributed by atoms with Gasteiger partial charge in [-0.2, -0.15) is 5.26 Å². The van der Waals surface area contributed by atoms with Gasteiger partial charge in [0.25, 0.3) is 0 Å². The van der Waals surface area contributed by atoms with Gasteiger partial charge in [0.1, 0.15) is 21.8 Å². The van der Waals surface area contributed by atoms with Crippen LogP contribution >= 0.6 is 11.3 Å². The lowest BCUT2D eigenvalue weighted by atomic mass is 10.0. The maximum absolute atomic E-state index is 9.47. The molecule has 1 aliphatic rings. The summed E-state index contributed by atoms with van der Waals surface area (Å²) >= 11 is 1.57. The molecule has 8 heteroatoms. The second kappa shape index (κ2) is 12.7. The molecule has 7 nitrogen and oxygen atoms in total. The predicted octanol–water partition coefficient (Wildman–Crippen LogP) is 4.48. The van der Waals surface area contributed by atoms with Gasteiger partial charge in [-0.1, -0.05) is 43.4 Å². The molecule has 3 aromatic rings.